The summed E-state index contributed by atoms with van der Waals surface area (Å²) in [7, 11) is 1.55. The zero-order chi connectivity index (χ0) is 13.8. The molecule has 0 aromatic heterocycles. The third-order valence-corrected chi connectivity index (χ3v) is 3.09. The van der Waals surface area contributed by atoms with Gasteiger partial charge in [0.15, 0.2) is 0 Å². The lowest BCUT2D eigenvalue weighted by Crippen LogP contribution is -2.29. The molecule has 0 aliphatic heterocycles. The highest BCUT2D eigenvalue weighted by molar-refractivity contribution is 6.30. The van der Waals surface area contributed by atoms with Crippen molar-refractivity contribution in [1.29, 1.82) is 0 Å². The normalized spacial score (nSPS) is 12.2. The molecule has 0 bridgehead atoms. The predicted molar refractivity (Wildman–Crippen MR) is 73.6 cm³/mol. The van der Waals surface area contributed by atoms with Gasteiger partial charge in [-0.05, 0) is 29.8 Å². The molecule has 1 atom stereocenters. The largest absolute Gasteiger partial charge is 0.496 e. The first kappa shape index (κ1) is 13.8. The Morgan fingerprint density at radius 3 is 2.68 bits per heavy atom. The van der Waals surface area contributed by atoms with Crippen LogP contribution in [0.1, 0.15) is 17.2 Å². The SMILES string of the molecule is COc1cc(Cl)ccc1C(NN)c1cccc(F)c1. The highest BCUT2D eigenvalue weighted by Crippen LogP contribution is 2.31. The molecule has 0 heterocycles. The molecule has 0 spiro atoms. The minimum Gasteiger partial charge on any atom is -0.496 e. The maximum atomic E-state index is 13.3. The minimum atomic E-state index is -0.372. The van der Waals surface area contributed by atoms with Crippen molar-refractivity contribution in [1.82, 2.24) is 5.43 Å². The van der Waals surface area contributed by atoms with E-state index in [0.717, 1.165) is 5.56 Å². The Labute approximate surface area is 116 Å². The first-order valence-electron chi connectivity index (χ1n) is 5.70. The van der Waals surface area contributed by atoms with Crippen LogP contribution in [0.5, 0.6) is 5.75 Å². The molecule has 0 saturated heterocycles. The van der Waals surface area contributed by atoms with E-state index in [1.165, 1.54) is 12.1 Å². The molecule has 2 aromatic rings. The summed E-state index contributed by atoms with van der Waals surface area (Å²) in [5.41, 5.74) is 4.17. The van der Waals surface area contributed by atoms with Crippen molar-refractivity contribution in [2.75, 3.05) is 7.11 Å². The third-order valence-electron chi connectivity index (χ3n) is 2.86. The van der Waals surface area contributed by atoms with Gasteiger partial charge in [-0.15, -0.1) is 0 Å². The van der Waals surface area contributed by atoms with E-state index in [1.807, 2.05) is 0 Å². The molecule has 0 aliphatic carbocycles. The van der Waals surface area contributed by atoms with Crippen molar-refractivity contribution < 1.29 is 9.13 Å². The third kappa shape index (κ3) is 3.04. The van der Waals surface area contributed by atoms with E-state index in [9.17, 15) is 4.39 Å². The van der Waals surface area contributed by atoms with Crippen molar-refractivity contribution >= 4 is 11.6 Å². The lowest BCUT2D eigenvalue weighted by Gasteiger charge is -2.19. The van der Waals surface area contributed by atoms with Gasteiger partial charge in [0.05, 0.1) is 13.2 Å². The maximum Gasteiger partial charge on any atom is 0.125 e. The number of nitrogens with one attached hydrogen (secondary N) is 1. The highest BCUT2D eigenvalue weighted by atomic mass is 35.5. The number of hydrogen-bond donors (Lipinski definition) is 2. The summed E-state index contributed by atoms with van der Waals surface area (Å²) in [6.07, 6.45) is 0. The van der Waals surface area contributed by atoms with Gasteiger partial charge in [0, 0.05) is 10.6 Å². The number of halogens is 2. The lowest BCUT2D eigenvalue weighted by molar-refractivity contribution is 0.404. The van der Waals surface area contributed by atoms with E-state index in [-0.39, 0.29) is 11.9 Å². The van der Waals surface area contributed by atoms with Gasteiger partial charge in [-0.25, -0.2) is 9.82 Å². The summed E-state index contributed by atoms with van der Waals surface area (Å²) >= 11 is 5.92. The van der Waals surface area contributed by atoms with Gasteiger partial charge in [0.1, 0.15) is 11.6 Å². The number of hydrazine groups is 1. The van der Waals surface area contributed by atoms with Gasteiger partial charge in [0.2, 0.25) is 0 Å². The Kier molecular flexibility index (Phi) is 4.37. The van der Waals surface area contributed by atoms with Crippen LogP contribution in [0.4, 0.5) is 4.39 Å². The second-order valence-electron chi connectivity index (χ2n) is 4.04. The molecule has 2 aromatic carbocycles. The fourth-order valence-electron chi connectivity index (χ4n) is 1.98. The first-order valence-corrected chi connectivity index (χ1v) is 6.08. The maximum absolute atomic E-state index is 13.3. The second-order valence-corrected chi connectivity index (χ2v) is 4.48. The molecule has 5 heteroatoms. The Morgan fingerprint density at radius 2 is 2.05 bits per heavy atom. The first-order chi connectivity index (χ1) is 9.15. The Morgan fingerprint density at radius 1 is 1.26 bits per heavy atom. The Bertz CT molecular complexity index is 577. The highest BCUT2D eigenvalue weighted by Gasteiger charge is 2.17. The van der Waals surface area contributed by atoms with Crippen LogP contribution in [0.2, 0.25) is 5.02 Å². The molecule has 0 aliphatic rings. The van der Waals surface area contributed by atoms with E-state index in [2.05, 4.69) is 5.43 Å². The van der Waals surface area contributed by atoms with Crippen molar-refractivity contribution in [2.24, 2.45) is 5.84 Å². The monoisotopic (exact) mass is 280 g/mol. The van der Waals surface area contributed by atoms with E-state index in [1.54, 1.807) is 37.4 Å². The molecular formula is C14H14ClFN2O. The van der Waals surface area contributed by atoms with Crippen LogP contribution in [0.15, 0.2) is 42.5 Å². The summed E-state index contributed by atoms with van der Waals surface area (Å²) in [6.45, 7) is 0. The molecule has 0 amide bonds. The zero-order valence-corrected chi connectivity index (χ0v) is 11.1. The fraction of sp³-hybridized carbons (Fsp3) is 0.143. The quantitative estimate of drug-likeness (QED) is 0.668. The van der Waals surface area contributed by atoms with Gasteiger partial charge in [-0.2, -0.15) is 0 Å². The Hall–Kier alpha value is -1.62. The van der Waals surface area contributed by atoms with Crippen LogP contribution in [0.3, 0.4) is 0 Å². The van der Waals surface area contributed by atoms with Crippen LogP contribution in [-0.4, -0.2) is 7.11 Å². The summed E-state index contributed by atoms with van der Waals surface area (Å²) in [6, 6.07) is 11.1. The predicted octanol–water partition coefficient (Wildman–Crippen LogP) is 3.04. The average Bonchev–Trinajstić information content (AvgIpc) is 2.41. The molecule has 2 rings (SSSR count). The van der Waals surface area contributed by atoms with Crippen molar-refractivity contribution in [3.8, 4) is 5.75 Å². The smallest absolute Gasteiger partial charge is 0.125 e. The van der Waals surface area contributed by atoms with Crippen molar-refractivity contribution in [3.05, 3.63) is 64.4 Å². The van der Waals surface area contributed by atoms with Crippen molar-refractivity contribution in [2.45, 2.75) is 6.04 Å². The molecule has 0 saturated carbocycles. The Balaban J connectivity index is 2.48. The van der Waals surface area contributed by atoms with E-state index < -0.39 is 0 Å². The fourth-order valence-corrected chi connectivity index (χ4v) is 2.14. The number of rotatable bonds is 4. The number of nitrogens with two attached hydrogens (primary N) is 1. The summed E-state index contributed by atoms with van der Waals surface area (Å²) in [5.74, 6) is 5.87. The summed E-state index contributed by atoms with van der Waals surface area (Å²) in [5, 5.41) is 0.565. The number of methoxy groups -OCH3 is 1. The number of ether oxygens (including phenoxy) is 1. The molecule has 19 heavy (non-hydrogen) atoms. The van der Waals surface area contributed by atoms with Crippen LogP contribution < -0.4 is 16.0 Å². The number of hydrogen-bond acceptors (Lipinski definition) is 3. The van der Waals surface area contributed by atoms with Gasteiger partial charge in [-0.3, -0.25) is 5.84 Å². The van der Waals surface area contributed by atoms with Crippen LogP contribution >= 0.6 is 11.6 Å². The number of benzene rings is 2. The average molecular weight is 281 g/mol. The lowest BCUT2D eigenvalue weighted by atomic mass is 9.98. The zero-order valence-electron chi connectivity index (χ0n) is 10.4. The summed E-state index contributed by atoms with van der Waals surface area (Å²) < 4.78 is 18.6. The molecular weight excluding hydrogens is 267 g/mol. The molecule has 0 fully saturated rings. The van der Waals surface area contributed by atoms with Gasteiger partial charge in [-0.1, -0.05) is 29.8 Å². The van der Waals surface area contributed by atoms with E-state index >= 15 is 0 Å². The van der Waals surface area contributed by atoms with Gasteiger partial charge < -0.3 is 4.74 Å². The molecule has 3 N–H and O–H groups in total. The molecule has 100 valence electrons. The van der Waals surface area contributed by atoms with Gasteiger partial charge in [0.25, 0.3) is 0 Å². The second kappa shape index (κ2) is 6.02. The van der Waals surface area contributed by atoms with Crippen LogP contribution in [-0.2, 0) is 0 Å². The molecule has 1 unspecified atom stereocenters. The topological polar surface area (TPSA) is 47.3 Å². The standard InChI is InChI=1S/C14H14ClFN2O/c1-19-13-8-10(15)5-6-12(13)14(18-17)9-3-2-4-11(16)7-9/h2-8,14,18H,17H2,1H3. The van der Waals surface area contributed by atoms with Gasteiger partial charge >= 0.3 is 0 Å². The van der Waals surface area contributed by atoms with E-state index in [0.29, 0.717) is 16.3 Å². The summed E-state index contributed by atoms with van der Waals surface area (Å²) in [4.78, 5) is 0. The van der Waals surface area contributed by atoms with Crippen LogP contribution in [0.25, 0.3) is 0 Å². The molecule has 3 nitrogen and oxygen atoms in total. The van der Waals surface area contributed by atoms with Crippen molar-refractivity contribution in [3.63, 3.8) is 0 Å². The molecule has 0 radical (unpaired) electrons. The minimum absolute atomic E-state index is 0.314. The van der Waals surface area contributed by atoms with E-state index in [4.69, 9.17) is 22.2 Å². The van der Waals surface area contributed by atoms with Crippen LogP contribution in [0, 0.1) is 5.82 Å².